The Hall–Kier alpha value is 0. The third kappa shape index (κ3) is 8.00. The summed E-state index contributed by atoms with van der Waals surface area (Å²) in [5, 5.41) is 0. The minimum Gasteiger partial charge on any atom is -0.0628 e. The highest BCUT2D eigenvalue weighted by atomic mass is 14.0. The molecule has 0 aliphatic rings. The second kappa shape index (κ2) is 4.84. The Balaban J connectivity index is 2.91. The van der Waals surface area contributed by atoms with E-state index in [1.807, 2.05) is 0 Å². The van der Waals surface area contributed by atoms with Crippen molar-refractivity contribution in [2.75, 3.05) is 0 Å². The van der Waals surface area contributed by atoms with Crippen molar-refractivity contribution in [1.82, 2.24) is 0 Å². The molecule has 0 nitrogen and oxygen atoms in total. The maximum absolute atomic E-state index is 3.94. The molecule has 0 fully saturated rings. The summed E-state index contributed by atoms with van der Waals surface area (Å²) in [4.78, 5) is 0. The topological polar surface area (TPSA) is 0 Å². The fourth-order valence-electron chi connectivity index (χ4n) is 0.875. The van der Waals surface area contributed by atoms with E-state index in [1.54, 1.807) is 0 Å². The molecule has 0 heterocycles. The predicted molar refractivity (Wildman–Crippen MR) is 43.2 cm³/mol. The average molecular weight is 127 g/mol. The highest BCUT2D eigenvalue weighted by molar-refractivity contribution is 4.55. The maximum Gasteiger partial charge on any atom is -0.0443 e. The van der Waals surface area contributed by atoms with Crippen LogP contribution in [-0.2, 0) is 0 Å². The number of hydrogen-bond donors (Lipinski definition) is 0. The second-order valence-electron chi connectivity index (χ2n) is 3.43. The Kier molecular flexibility index (Phi) is 4.84. The molecule has 0 amide bonds. The third-order valence-corrected chi connectivity index (χ3v) is 1.48. The number of hydrogen-bond acceptors (Lipinski definition) is 0. The van der Waals surface area contributed by atoms with Gasteiger partial charge in [-0.25, -0.2) is 0 Å². The molecule has 0 aromatic heterocycles. The summed E-state index contributed by atoms with van der Waals surface area (Å²) in [5.74, 6) is 1.51. The largest absolute Gasteiger partial charge is 0.0628 e. The van der Waals surface area contributed by atoms with Gasteiger partial charge < -0.3 is 0 Å². The highest BCUT2D eigenvalue weighted by Crippen LogP contribution is 2.10. The molecular formula is C9H19. The average Bonchev–Trinajstić information content (AvgIpc) is 1.63. The Labute approximate surface area is 59.7 Å². The Morgan fingerprint density at radius 3 is 2.00 bits per heavy atom. The van der Waals surface area contributed by atoms with E-state index in [4.69, 9.17) is 0 Å². The van der Waals surface area contributed by atoms with Gasteiger partial charge in [0.25, 0.3) is 0 Å². The maximum atomic E-state index is 3.94. The minimum absolute atomic E-state index is 0.642. The summed E-state index contributed by atoms with van der Waals surface area (Å²) in [6, 6.07) is 0. The quantitative estimate of drug-likeness (QED) is 0.543. The second-order valence-corrected chi connectivity index (χ2v) is 3.43. The van der Waals surface area contributed by atoms with E-state index in [0.29, 0.717) is 5.92 Å². The van der Waals surface area contributed by atoms with Crippen LogP contribution in [-0.4, -0.2) is 0 Å². The van der Waals surface area contributed by atoms with Crippen molar-refractivity contribution in [3.63, 3.8) is 0 Å². The van der Waals surface area contributed by atoms with Gasteiger partial charge >= 0.3 is 0 Å². The van der Waals surface area contributed by atoms with E-state index in [1.165, 1.54) is 19.3 Å². The van der Waals surface area contributed by atoms with E-state index in [-0.39, 0.29) is 0 Å². The van der Waals surface area contributed by atoms with Gasteiger partial charge in [-0.15, -0.1) is 0 Å². The van der Waals surface area contributed by atoms with Gasteiger partial charge in [0.1, 0.15) is 0 Å². The molecule has 1 radical (unpaired) electrons. The van der Waals surface area contributed by atoms with Gasteiger partial charge in [-0.1, -0.05) is 47.0 Å². The van der Waals surface area contributed by atoms with E-state index in [0.717, 1.165) is 5.92 Å². The fourth-order valence-corrected chi connectivity index (χ4v) is 0.875. The normalized spacial score (nSPS) is 11.3. The molecule has 0 spiro atoms. The first-order valence-electron chi connectivity index (χ1n) is 3.96. The van der Waals surface area contributed by atoms with Crippen LogP contribution in [0, 0.1) is 18.8 Å². The monoisotopic (exact) mass is 127 g/mol. The van der Waals surface area contributed by atoms with Gasteiger partial charge in [-0.2, -0.15) is 0 Å². The first-order valence-corrected chi connectivity index (χ1v) is 3.96. The molecular weight excluding hydrogens is 108 g/mol. The van der Waals surface area contributed by atoms with Crippen molar-refractivity contribution in [2.24, 2.45) is 11.8 Å². The van der Waals surface area contributed by atoms with Gasteiger partial charge in [0.05, 0.1) is 0 Å². The molecule has 1 unspecified atom stereocenters. The van der Waals surface area contributed by atoms with E-state index in [9.17, 15) is 0 Å². The zero-order valence-corrected chi connectivity index (χ0v) is 6.98. The van der Waals surface area contributed by atoms with Crippen LogP contribution in [0.1, 0.15) is 40.0 Å². The molecule has 0 aromatic rings. The Morgan fingerprint density at radius 1 is 1.11 bits per heavy atom. The van der Waals surface area contributed by atoms with Crippen molar-refractivity contribution in [3.05, 3.63) is 6.92 Å². The van der Waals surface area contributed by atoms with Crippen LogP contribution >= 0.6 is 0 Å². The summed E-state index contributed by atoms with van der Waals surface area (Å²) < 4.78 is 0. The van der Waals surface area contributed by atoms with Gasteiger partial charge in [0.15, 0.2) is 0 Å². The third-order valence-electron chi connectivity index (χ3n) is 1.48. The molecule has 0 N–H and O–H groups in total. The summed E-state index contributed by atoms with van der Waals surface area (Å²) in [5.41, 5.74) is 0. The van der Waals surface area contributed by atoms with Gasteiger partial charge in [-0.3, -0.25) is 0 Å². The van der Waals surface area contributed by atoms with Crippen molar-refractivity contribution >= 4 is 0 Å². The lowest BCUT2D eigenvalue weighted by Gasteiger charge is -2.05. The van der Waals surface area contributed by atoms with Crippen molar-refractivity contribution < 1.29 is 0 Å². The van der Waals surface area contributed by atoms with Gasteiger partial charge in [0.2, 0.25) is 0 Å². The lowest BCUT2D eigenvalue weighted by atomic mass is 10.0. The van der Waals surface area contributed by atoms with Crippen LogP contribution in [0.3, 0.4) is 0 Å². The molecule has 0 saturated heterocycles. The predicted octanol–water partition coefficient (Wildman–Crippen LogP) is 3.28. The molecule has 0 aliphatic heterocycles. The first kappa shape index (κ1) is 9.00. The fraction of sp³-hybridized carbons (Fsp3) is 0.889. The Bertz CT molecular complexity index is 45.1. The summed E-state index contributed by atoms with van der Waals surface area (Å²) in [6.45, 7) is 10.7. The molecule has 0 rings (SSSR count). The smallest absolute Gasteiger partial charge is 0.0443 e. The van der Waals surface area contributed by atoms with Crippen molar-refractivity contribution in [3.8, 4) is 0 Å². The van der Waals surface area contributed by atoms with Crippen LogP contribution in [0.4, 0.5) is 0 Å². The standard InChI is InChI=1S/C9H19/c1-8(2)6-5-7-9(3)4/h8-9H,1,5-7H2,2-4H3. The molecule has 9 heavy (non-hydrogen) atoms. The highest BCUT2D eigenvalue weighted by Gasteiger charge is 1.95. The molecule has 0 aliphatic carbocycles. The van der Waals surface area contributed by atoms with Crippen LogP contribution in [0.25, 0.3) is 0 Å². The van der Waals surface area contributed by atoms with Crippen LogP contribution < -0.4 is 0 Å². The molecule has 1 atom stereocenters. The molecule has 0 aromatic carbocycles. The number of rotatable bonds is 4. The zero-order chi connectivity index (χ0) is 7.28. The van der Waals surface area contributed by atoms with Crippen LogP contribution in [0.2, 0.25) is 0 Å². The molecule has 0 heteroatoms. The van der Waals surface area contributed by atoms with Crippen LogP contribution in [0.5, 0.6) is 0 Å². The summed E-state index contributed by atoms with van der Waals surface area (Å²) in [7, 11) is 0. The van der Waals surface area contributed by atoms with E-state index >= 15 is 0 Å². The summed E-state index contributed by atoms with van der Waals surface area (Å²) in [6.07, 6.45) is 4.00. The first-order chi connectivity index (χ1) is 4.13. The minimum atomic E-state index is 0.642. The SMILES string of the molecule is [CH2]C(C)CCCC(C)C. The van der Waals surface area contributed by atoms with Crippen molar-refractivity contribution in [2.45, 2.75) is 40.0 Å². The molecule has 0 bridgehead atoms. The Morgan fingerprint density at radius 2 is 1.67 bits per heavy atom. The lowest BCUT2D eigenvalue weighted by molar-refractivity contribution is 0.500. The van der Waals surface area contributed by atoms with Gasteiger partial charge in [-0.05, 0) is 11.8 Å². The van der Waals surface area contributed by atoms with E-state index in [2.05, 4.69) is 27.7 Å². The molecule has 0 saturated carbocycles. The van der Waals surface area contributed by atoms with Gasteiger partial charge in [0, 0.05) is 0 Å². The van der Waals surface area contributed by atoms with Crippen LogP contribution in [0.15, 0.2) is 0 Å². The van der Waals surface area contributed by atoms with E-state index < -0.39 is 0 Å². The zero-order valence-electron chi connectivity index (χ0n) is 6.98. The summed E-state index contributed by atoms with van der Waals surface area (Å²) >= 11 is 0. The van der Waals surface area contributed by atoms with Crippen molar-refractivity contribution in [1.29, 1.82) is 0 Å². The lowest BCUT2D eigenvalue weighted by Crippen LogP contribution is -1.91. The molecule has 55 valence electrons.